The Kier molecular flexibility index (Phi) is 4.05. The van der Waals surface area contributed by atoms with E-state index in [4.69, 9.17) is 16.7 Å². The lowest BCUT2D eigenvalue weighted by Crippen LogP contribution is -2.47. The fourth-order valence-corrected chi connectivity index (χ4v) is 2.90. The van der Waals surface area contributed by atoms with Crippen LogP contribution in [0, 0.1) is 0 Å². The number of fused-ring (bicyclic) bond motifs is 1. The molecule has 0 aliphatic carbocycles. The molecule has 0 saturated carbocycles. The van der Waals surface area contributed by atoms with Gasteiger partial charge in [0, 0.05) is 55.0 Å². The third-order valence-corrected chi connectivity index (χ3v) is 4.05. The maximum absolute atomic E-state index is 8.99. The Morgan fingerprint density at radius 1 is 1.15 bits per heavy atom. The molecular formula is C15H18ClN3O. The summed E-state index contributed by atoms with van der Waals surface area (Å²) in [5.41, 5.74) is 2.16. The van der Waals surface area contributed by atoms with Gasteiger partial charge in [0.15, 0.2) is 0 Å². The van der Waals surface area contributed by atoms with Crippen molar-refractivity contribution in [1.29, 1.82) is 0 Å². The van der Waals surface area contributed by atoms with E-state index in [0.29, 0.717) is 0 Å². The smallest absolute Gasteiger partial charge is 0.0737 e. The van der Waals surface area contributed by atoms with Crippen molar-refractivity contribution in [2.24, 2.45) is 0 Å². The summed E-state index contributed by atoms with van der Waals surface area (Å²) < 4.78 is 0. The fraction of sp³-hybridized carbons (Fsp3) is 0.400. The van der Waals surface area contributed by atoms with E-state index in [2.05, 4.69) is 20.9 Å². The van der Waals surface area contributed by atoms with Crippen molar-refractivity contribution in [3.05, 3.63) is 35.5 Å². The maximum atomic E-state index is 8.99. The van der Waals surface area contributed by atoms with Crippen molar-refractivity contribution in [3.63, 3.8) is 0 Å². The number of benzene rings is 1. The van der Waals surface area contributed by atoms with Gasteiger partial charge < -0.3 is 10.0 Å². The third-order valence-electron chi connectivity index (χ3n) is 3.81. The predicted molar refractivity (Wildman–Crippen MR) is 82.5 cm³/mol. The minimum Gasteiger partial charge on any atom is -0.395 e. The summed E-state index contributed by atoms with van der Waals surface area (Å²) in [6, 6.07) is 7.93. The molecule has 2 aromatic rings. The molecule has 3 rings (SSSR count). The molecule has 0 bridgehead atoms. The highest BCUT2D eigenvalue weighted by molar-refractivity contribution is 6.31. The average Bonchev–Trinajstić information content (AvgIpc) is 2.47. The molecule has 1 aliphatic rings. The molecule has 0 amide bonds. The van der Waals surface area contributed by atoms with Crippen LogP contribution in [0.25, 0.3) is 10.9 Å². The van der Waals surface area contributed by atoms with Gasteiger partial charge in [0.05, 0.1) is 12.1 Å². The third kappa shape index (κ3) is 2.73. The Bertz CT molecular complexity index is 597. The van der Waals surface area contributed by atoms with E-state index in [1.807, 2.05) is 24.4 Å². The zero-order valence-electron chi connectivity index (χ0n) is 11.3. The number of anilines is 1. The Morgan fingerprint density at radius 2 is 1.95 bits per heavy atom. The number of aliphatic hydroxyl groups excluding tert-OH is 1. The molecule has 0 radical (unpaired) electrons. The molecule has 0 unspecified atom stereocenters. The zero-order valence-corrected chi connectivity index (χ0v) is 12.1. The van der Waals surface area contributed by atoms with E-state index in [1.54, 1.807) is 0 Å². The first-order valence-corrected chi connectivity index (χ1v) is 7.28. The van der Waals surface area contributed by atoms with Crippen LogP contribution in [0.2, 0.25) is 5.02 Å². The van der Waals surface area contributed by atoms with Gasteiger partial charge in [-0.15, -0.1) is 0 Å². The average molecular weight is 292 g/mol. The zero-order chi connectivity index (χ0) is 13.9. The van der Waals surface area contributed by atoms with Crippen LogP contribution in [0.15, 0.2) is 30.5 Å². The Balaban J connectivity index is 1.84. The molecule has 2 heterocycles. The normalized spacial score (nSPS) is 16.8. The highest BCUT2D eigenvalue weighted by Crippen LogP contribution is 2.28. The number of β-amino-alcohol motifs (C(OH)–C–C–N with tert-alkyl or cyclic N) is 1. The van der Waals surface area contributed by atoms with E-state index < -0.39 is 0 Å². The number of hydrogen-bond donors (Lipinski definition) is 1. The summed E-state index contributed by atoms with van der Waals surface area (Å²) in [5, 5.41) is 10.9. The first-order valence-electron chi connectivity index (χ1n) is 6.90. The minimum absolute atomic E-state index is 0.233. The van der Waals surface area contributed by atoms with Gasteiger partial charge in [-0.1, -0.05) is 11.6 Å². The minimum atomic E-state index is 0.233. The van der Waals surface area contributed by atoms with Crippen molar-refractivity contribution in [3.8, 4) is 0 Å². The lowest BCUT2D eigenvalue weighted by atomic mass is 10.1. The second-order valence-corrected chi connectivity index (χ2v) is 5.48. The van der Waals surface area contributed by atoms with Crippen LogP contribution in [0.5, 0.6) is 0 Å². The van der Waals surface area contributed by atoms with Crippen molar-refractivity contribution in [1.82, 2.24) is 9.88 Å². The maximum Gasteiger partial charge on any atom is 0.0737 e. The Morgan fingerprint density at radius 3 is 2.70 bits per heavy atom. The van der Waals surface area contributed by atoms with E-state index in [-0.39, 0.29) is 6.61 Å². The van der Waals surface area contributed by atoms with Crippen LogP contribution in [0.1, 0.15) is 0 Å². The molecule has 1 aliphatic heterocycles. The van der Waals surface area contributed by atoms with Gasteiger partial charge >= 0.3 is 0 Å². The predicted octanol–water partition coefficient (Wildman–Crippen LogP) is 2.00. The molecule has 1 N–H and O–H groups in total. The lowest BCUT2D eigenvalue weighted by molar-refractivity contribution is 0.189. The fourth-order valence-electron chi connectivity index (χ4n) is 2.74. The molecule has 1 fully saturated rings. The van der Waals surface area contributed by atoms with Crippen LogP contribution in [0.3, 0.4) is 0 Å². The first-order chi connectivity index (χ1) is 9.78. The van der Waals surface area contributed by atoms with E-state index in [1.165, 1.54) is 5.69 Å². The second-order valence-electron chi connectivity index (χ2n) is 5.04. The highest BCUT2D eigenvalue weighted by Gasteiger charge is 2.18. The van der Waals surface area contributed by atoms with Crippen molar-refractivity contribution >= 4 is 28.2 Å². The topological polar surface area (TPSA) is 39.6 Å². The van der Waals surface area contributed by atoms with Crippen molar-refractivity contribution in [2.75, 3.05) is 44.2 Å². The molecule has 1 saturated heterocycles. The Labute approximate surface area is 123 Å². The van der Waals surface area contributed by atoms with Crippen LogP contribution in [-0.4, -0.2) is 54.3 Å². The molecule has 1 aromatic heterocycles. The van der Waals surface area contributed by atoms with Gasteiger partial charge in [0.25, 0.3) is 0 Å². The number of nitrogens with zero attached hydrogens (tertiary/aromatic N) is 3. The van der Waals surface area contributed by atoms with Gasteiger partial charge in [-0.25, -0.2) is 0 Å². The summed E-state index contributed by atoms with van der Waals surface area (Å²) in [6.45, 7) is 4.91. The van der Waals surface area contributed by atoms with Crippen LogP contribution >= 0.6 is 11.6 Å². The number of piperazine rings is 1. The van der Waals surface area contributed by atoms with Gasteiger partial charge in [-0.05, 0) is 24.3 Å². The number of hydrogen-bond acceptors (Lipinski definition) is 4. The molecule has 4 nitrogen and oxygen atoms in total. The SMILES string of the molecule is OCCN1CCN(c2ccnc3cc(Cl)ccc23)CC1. The highest BCUT2D eigenvalue weighted by atomic mass is 35.5. The summed E-state index contributed by atoms with van der Waals surface area (Å²) in [5.74, 6) is 0. The van der Waals surface area contributed by atoms with Gasteiger partial charge in [0.2, 0.25) is 0 Å². The van der Waals surface area contributed by atoms with E-state index in [9.17, 15) is 0 Å². The number of pyridine rings is 1. The molecule has 0 spiro atoms. The summed E-state index contributed by atoms with van der Waals surface area (Å²) in [4.78, 5) is 9.06. The molecule has 106 valence electrons. The standard InChI is InChI=1S/C15H18ClN3O/c16-12-1-2-13-14(11-12)17-4-3-15(13)19-7-5-18(6-8-19)9-10-20/h1-4,11,20H,5-10H2. The number of aliphatic hydroxyl groups is 1. The second kappa shape index (κ2) is 5.95. The molecule has 20 heavy (non-hydrogen) atoms. The van der Waals surface area contributed by atoms with E-state index in [0.717, 1.165) is 48.6 Å². The molecule has 5 heteroatoms. The number of aromatic nitrogens is 1. The van der Waals surface area contributed by atoms with Crippen LogP contribution < -0.4 is 4.90 Å². The lowest BCUT2D eigenvalue weighted by Gasteiger charge is -2.36. The molecule has 0 atom stereocenters. The van der Waals surface area contributed by atoms with E-state index >= 15 is 0 Å². The van der Waals surface area contributed by atoms with Gasteiger partial charge in [-0.2, -0.15) is 0 Å². The molecular weight excluding hydrogens is 274 g/mol. The summed E-state index contributed by atoms with van der Waals surface area (Å²) in [7, 11) is 0. The number of halogens is 1. The summed E-state index contributed by atoms with van der Waals surface area (Å²) >= 11 is 6.03. The van der Waals surface area contributed by atoms with Crippen molar-refractivity contribution in [2.45, 2.75) is 0 Å². The largest absolute Gasteiger partial charge is 0.395 e. The van der Waals surface area contributed by atoms with Gasteiger partial charge in [-0.3, -0.25) is 9.88 Å². The quantitative estimate of drug-likeness (QED) is 0.939. The van der Waals surface area contributed by atoms with Crippen LogP contribution in [0.4, 0.5) is 5.69 Å². The monoisotopic (exact) mass is 291 g/mol. The van der Waals surface area contributed by atoms with Crippen molar-refractivity contribution < 1.29 is 5.11 Å². The first kappa shape index (κ1) is 13.6. The number of rotatable bonds is 3. The van der Waals surface area contributed by atoms with Gasteiger partial charge in [0.1, 0.15) is 0 Å². The molecule has 1 aromatic carbocycles. The van der Waals surface area contributed by atoms with Crippen LogP contribution in [-0.2, 0) is 0 Å². The Hall–Kier alpha value is -1.36. The summed E-state index contributed by atoms with van der Waals surface area (Å²) in [6.07, 6.45) is 1.84.